The topological polar surface area (TPSA) is 109 Å². The van der Waals surface area contributed by atoms with Gasteiger partial charge < -0.3 is 15.1 Å². The van der Waals surface area contributed by atoms with Crippen molar-refractivity contribution in [1.82, 2.24) is 9.62 Å². The number of nitrogens with zero attached hydrogens (tertiary/aromatic N) is 1. The summed E-state index contributed by atoms with van der Waals surface area (Å²) in [4.78, 5) is 24.2. The summed E-state index contributed by atoms with van der Waals surface area (Å²) in [5, 5.41) is 6.38. The minimum Gasteiger partial charge on any atom is -0.451 e. The van der Waals surface area contributed by atoms with E-state index in [0.29, 0.717) is 30.7 Å². The number of sulfonamides is 1. The minimum absolute atomic E-state index is 0.0900. The number of rotatable bonds is 6. The monoisotopic (exact) mass is 467 g/mol. The van der Waals surface area contributed by atoms with Crippen LogP contribution in [-0.4, -0.2) is 43.2 Å². The van der Waals surface area contributed by atoms with E-state index in [-0.39, 0.29) is 28.6 Å². The van der Waals surface area contributed by atoms with Crippen LogP contribution in [0.4, 0.5) is 5.69 Å². The van der Waals surface area contributed by atoms with Gasteiger partial charge in [-0.25, -0.2) is 8.42 Å². The molecular weight excluding hydrogens is 442 g/mol. The van der Waals surface area contributed by atoms with Crippen molar-refractivity contribution in [2.45, 2.75) is 36.7 Å². The number of carbonyl (C=O) groups is 2. The molecule has 8 nitrogen and oxygen atoms in total. The number of fused-ring (bicyclic) bond motifs is 1. The molecule has 4 rings (SSSR count). The zero-order valence-electron chi connectivity index (χ0n) is 18.2. The summed E-state index contributed by atoms with van der Waals surface area (Å²) in [5.74, 6) is -0.504. The molecule has 9 heteroatoms. The van der Waals surface area contributed by atoms with Gasteiger partial charge >= 0.3 is 0 Å². The highest BCUT2D eigenvalue weighted by molar-refractivity contribution is 7.89. The van der Waals surface area contributed by atoms with Crippen molar-refractivity contribution >= 4 is 38.5 Å². The van der Waals surface area contributed by atoms with E-state index < -0.39 is 15.9 Å². The summed E-state index contributed by atoms with van der Waals surface area (Å²) < 4.78 is 33.3. The molecule has 2 aromatic carbocycles. The third-order valence-electron chi connectivity index (χ3n) is 5.72. The molecule has 2 heterocycles. The lowest BCUT2D eigenvalue weighted by molar-refractivity contribution is -0.117. The van der Waals surface area contributed by atoms with E-state index >= 15 is 0 Å². The molecule has 172 valence electrons. The van der Waals surface area contributed by atoms with E-state index in [1.165, 1.54) is 22.5 Å². The van der Waals surface area contributed by atoms with Gasteiger partial charge in [-0.05, 0) is 62.2 Å². The van der Waals surface area contributed by atoms with Crippen molar-refractivity contribution in [3.63, 3.8) is 0 Å². The average Bonchev–Trinajstić information content (AvgIpc) is 3.24. The number of piperidine rings is 1. The largest absolute Gasteiger partial charge is 0.451 e. The number of nitrogens with one attached hydrogen (secondary N) is 2. The van der Waals surface area contributed by atoms with Crippen molar-refractivity contribution < 1.29 is 22.4 Å². The molecule has 33 heavy (non-hydrogen) atoms. The Balaban J connectivity index is 1.43. The predicted octanol–water partition coefficient (Wildman–Crippen LogP) is 3.53. The first kappa shape index (κ1) is 22.8. The van der Waals surface area contributed by atoms with E-state index in [1.54, 1.807) is 24.3 Å². The second-order valence-corrected chi connectivity index (χ2v) is 9.92. The van der Waals surface area contributed by atoms with Crippen LogP contribution in [0.15, 0.2) is 76.6 Å². The molecule has 1 saturated heterocycles. The maximum atomic E-state index is 13.2. The number of furan rings is 1. The molecule has 0 spiro atoms. The van der Waals surface area contributed by atoms with Crippen LogP contribution in [-0.2, 0) is 14.8 Å². The van der Waals surface area contributed by atoms with Crippen molar-refractivity contribution in [1.29, 1.82) is 0 Å². The molecule has 0 bridgehead atoms. The first-order chi connectivity index (χ1) is 15.8. The molecule has 3 aromatic rings. The predicted molar refractivity (Wildman–Crippen MR) is 125 cm³/mol. The SMILES string of the molecule is C=CC(=O)NC1CCN(S(=O)(=O)c2ccc(NC(=O)c3cc4ccccc4o3)cc2)C(C)C1. The van der Waals surface area contributed by atoms with Gasteiger partial charge in [0, 0.05) is 29.7 Å². The van der Waals surface area contributed by atoms with Gasteiger partial charge in [-0.3, -0.25) is 9.59 Å². The fraction of sp³-hybridized carbons (Fsp3) is 0.250. The second kappa shape index (κ2) is 9.21. The Morgan fingerprint density at radius 1 is 1.15 bits per heavy atom. The Hall–Kier alpha value is -3.43. The lowest BCUT2D eigenvalue weighted by Crippen LogP contribution is -2.50. The molecule has 2 N–H and O–H groups in total. The van der Waals surface area contributed by atoms with Gasteiger partial charge in [-0.1, -0.05) is 24.8 Å². The van der Waals surface area contributed by atoms with Crippen molar-refractivity contribution in [3.05, 3.63) is 73.0 Å². The zero-order chi connectivity index (χ0) is 23.6. The smallest absolute Gasteiger partial charge is 0.291 e. The highest BCUT2D eigenvalue weighted by atomic mass is 32.2. The number of anilines is 1. The molecule has 1 aromatic heterocycles. The Kier molecular flexibility index (Phi) is 6.35. The molecule has 1 fully saturated rings. The van der Waals surface area contributed by atoms with Gasteiger partial charge in [0.25, 0.3) is 5.91 Å². The van der Waals surface area contributed by atoms with Gasteiger partial charge in [0.1, 0.15) is 5.58 Å². The van der Waals surface area contributed by atoms with Crippen LogP contribution in [0.25, 0.3) is 11.0 Å². The molecule has 0 radical (unpaired) electrons. The third kappa shape index (κ3) is 4.84. The van der Waals surface area contributed by atoms with E-state index in [2.05, 4.69) is 17.2 Å². The van der Waals surface area contributed by atoms with Crippen LogP contribution >= 0.6 is 0 Å². The number of carbonyl (C=O) groups excluding carboxylic acids is 2. The molecule has 0 saturated carbocycles. The number of benzene rings is 2. The highest BCUT2D eigenvalue weighted by Gasteiger charge is 2.34. The van der Waals surface area contributed by atoms with Crippen molar-refractivity contribution in [2.75, 3.05) is 11.9 Å². The fourth-order valence-electron chi connectivity index (χ4n) is 4.03. The molecule has 1 aliphatic heterocycles. The lowest BCUT2D eigenvalue weighted by atomic mass is 10.0. The Morgan fingerprint density at radius 3 is 2.55 bits per heavy atom. The van der Waals surface area contributed by atoms with Gasteiger partial charge in [0.2, 0.25) is 15.9 Å². The summed E-state index contributed by atoms with van der Waals surface area (Å²) >= 11 is 0. The van der Waals surface area contributed by atoms with E-state index in [9.17, 15) is 18.0 Å². The van der Waals surface area contributed by atoms with Gasteiger partial charge in [-0.15, -0.1) is 0 Å². The molecule has 2 atom stereocenters. The van der Waals surface area contributed by atoms with E-state index in [0.717, 1.165) is 5.39 Å². The lowest BCUT2D eigenvalue weighted by Gasteiger charge is -2.36. The zero-order valence-corrected chi connectivity index (χ0v) is 19.0. The maximum absolute atomic E-state index is 13.2. The van der Waals surface area contributed by atoms with Crippen molar-refractivity contribution in [3.8, 4) is 0 Å². The number of para-hydroxylation sites is 1. The molecule has 0 aliphatic carbocycles. The number of hydrogen-bond acceptors (Lipinski definition) is 5. The summed E-state index contributed by atoms with van der Waals surface area (Å²) in [7, 11) is -3.71. The van der Waals surface area contributed by atoms with E-state index in [1.807, 2.05) is 25.1 Å². The normalized spacial score (nSPS) is 19.2. The number of amides is 2. The second-order valence-electron chi connectivity index (χ2n) is 8.03. The average molecular weight is 468 g/mol. The number of hydrogen-bond donors (Lipinski definition) is 2. The van der Waals surface area contributed by atoms with Gasteiger partial charge in [0.05, 0.1) is 4.90 Å². The Morgan fingerprint density at radius 2 is 1.88 bits per heavy atom. The summed E-state index contributed by atoms with van der Waals surface area (Å²) in [5.41, 5.74) is 1.07. The fourth-order valence-corrected chi connectivity index (χ4v) is 5.69. The minimum atomic E-state index is -3.71. The van der Waals surface area contributed by atoms with Crippen LogP contribution in [0.3, 0.4) is 0 Å². The maximum Gasteiger partial charge on any atom is 0.291 e. The molecule has 2 unspecified atom stereocenters. The quantitative estimate of drug-likeness (QED) is 0.539. The molecule has 2 amide bonds. The Labute approximate surface area is 192 Å². The van der Waals surface area contributed by atoms with Crippen LogP contribution in [0.1, 0.15) is 30.3 Å². The first-order valence-electron chi connectivity index (χ1n) is 10.6. The first-order valence-corrected chi connectivity index (χ1v) is 12.1. The summed E-state index contributed by atoms with van der Waals surface area (Å²) in [6.45, 7) is 5.57. The standard InChI is InChI=1S/C24H25N3O5S/c1-3-23(28)25-19-12-13-27(16(2)14-19)33(30,31)20-10-8-18(9-11-20)26-24(29)22-15-17-6-4-5-7-21(17)32-22/h3-11,15-16,19H,1,12-14H2,2H3,(H,25,28)(H,26,29). The van der Waals surface area contributed by atoms with Crippen LogP contribution in [0, 0.1) is 0 Å². The van der Waals surface area contributed by atoms with Gasteiger partial charge in [0.15, 0.2) is 5.76 Å². The summed E-state index contributed by atoms with van der Waals surface area (Å²) in [6.07, 6.45) is 2.25. The molecular formula is C24H25N3O5S. The Bertz CT molecular complexity index is 1260. The third-order valence-corrected chi connectivity index (χ3v) is 7.74. The summed E-state index contributed by atoms with van der Waals surface area (Å²) in [6, 6.07) is 14.7. The van der Waals surface area contributed by atoms with Crippen LogP contribution in [0.2, 0.25) is 0 Å². The van der Waals surface area contributed by atoms with E-state index in [4.69, 9.17) is 4.42 Å². The highest BCUT2D eigenvalue weighted by Crippen LogP contribution is 2.27. The molecule has 1 aliphatic rings. The van der Waals surface area contributed by atoms with Crippen LogP contribution < -0.4 is 10.6 Å². The van der Waals surface area contributed by atoms with Crippen LogP contribution in [0.5, 0.6) is 0 Å². The van der Waals surface area contributed by atoms with Gasteiger partial charge in [-0.2, -0.15) is 4.31 Å². The van der Waals surface area contributed by atoms with Crippen molar-refractivity contribution in [2.24, 2.45) is 0 Å².